The Hall–Kier alpha value is -2.18. The maximum atomic E-state index is 13.0. The summed E-state index contributed by atoms with van der Waals surface area (Å²) in [6, 6.07) is 12.4. The monoisotopic (exact) mass is 372 g/mol. The summed E-state index contributed by atoms with van der Waals surface area (Å²) in [5.74, 6) is -0.242. The number of carbonyl (C=O) groups excluding carboxylic acids is 1. The molecule has 1 aliphatic heterocycles. The Bertz CT molecular complexity index is 916. The van der Waals surface area contributed by atoms with Gasteiger partial charge in [0.25, 0.3) is 5.91 Å². The Labute approximate surface area is 155 Å². The van der Waals surface area contributed by atoms with Gasteiger partial charge in [0.15, 0.2) is 0 Å². The lowest BCUT2D eigenvalue weighted by molar-refractivity contribution is 0.102. The van der Waals surface area contributed by atoms with E-state index in [9.17, 15) is 13.2 Å². The maximum absolute atomic E-state index is 13.0. The number of sulfonamides is 1. The van der Waals surface area contributed by atoms with Crippen LogP contribution in [0.15, 0.2) is 47.4 Å². The molecule has 0 bridgehead atoms. The van der Waals surface area contributed by atoms with Crippen molar-refractivity contribution in [2.75, 3.05) is 18.4 Å². The molecule has 1 saturated heterocycles. The van der Waals surface area contributed by atoms with Gasteiger partial charge in [0, 0.05) is 24.3 Å². The van der Waals surface area contributed by atoms with Gasteiger partial charge in [0.1, 0.15) is 0 Å². The molecule has 5 nitrogen and oxygen atoms in total. The fourth-order valence-electron chi connectivity index (χ4n) is 3.23. The zero-order chi connectivity index (χ0) is 18.7. The van der Waals surface area contributed by atoms with Crippen molar-refractivity contribution in [3.8, 4) is 0 Å². The number of rotatable bonds is 4. The molecule has 26 heavy (non-hydrogen) atoms. The molecule has 0 aliphatic carbocycles. The third-order valence-corrected chi connectivity index (χ3v) is 6.81. The SMILES string of the molecule is Cc1ccccc1C(=O)Nc1ccc(C)c(S(=O)(=O)N2CCCCC2)c1. The predicted molar refractivity (Wildman–Crippen MR) is 103 cm³/mol. The van der Waals surface area contributed by atoms with E-state index in [4.69, 9.17) is 0 Å². The van der Waals surface area contributed by atoms with Gasteiger partial charge in [-0.25, -0.2) is 8.42 Å². The molecular weight excluding hydrogens is 348 g/mol. The number of benzene rings is 2. The first-order valence-electron chi connectivity index (χ1n) is 8.87. The van der Waals surface area contributed by atoms with Crippen LogP contribution in [0.5, 0.6) is 0 Å². The molecule has 0 saturated carbocycles. The summed E-state index contributed by atoms with van der Waals surface area (Å²) < 4.78 is 27.5. The molecule has 0 atom stereocenters. The number of anilines is 1. The van der Waals surface area contributed by atoms with Gasteiger partial charge in [-0.15, -0.1) is 0 Å². The largest absolute Gasteiger partial charge is 0.322 e. The van der Waals surface area contributed by atoms with Crippen LogP contribution >= 0.6 is 0 Å². The zero-order valence-electron chi connectivity index (χ0n) is 15.2. The number of nitrogens with one attached hydrogen (secondary N) is 1. The summed E-state index contributed by atoms with van der Waals surface area (Å²) >= 11 is 0. The highest BCUT2D eigenvalue weighted by molar-refractivity contribution is 7.89. The van der Waals surface area contributed by atoms with Crippen molar-refractivity contribution in [3.63, 3.8) is 0 Å². The van der Waals surface area contributed by atoms with E-state index in [1.165, 1.54) is 0 Å². The van der Waals surface area contributed by atoms with Gasteiger partial charge in [-0.1, -0.05) is 30.7 Å². The lowest BCUT2D eigenvalue weighted by Crippen LogP contribution is -2.36. The first-order valence-corrected chi connectivity index (χ1v) is 10.3. The van der Waals surface area contributed by atoms with Gasteiger partial charge in [-0.05, 0) is 56.0 Å². The highest BCUT2D eigenvalue weighted by Gasteiger charge is 2.27. The number of piperidine rings is 1. The average Bonchev–Trinajstić information content (AvgIpc) is 2.64. The van der Waals surface area contributed by atoms with Gasteiger partial charge < -0.3 is 5.32 Å². The van der Waals surface area contributed by atoms with E-state index >= 15 is 0 Å². The molecule has 2 aromatic carbocycles. The first-order chi connectivity index (χ1) is 12.4. The van der Waals surface area contributed by atoms with Gasteiger partial charge in [0.2, 0.25) is 10.0 Å². The normalized spacial score (nSPS) is 15.6. The lowest BCUT2D eigenvalue weighted by Gasteiger charge is -2.26. The van der Waals surface area contributed by atoms with Crippen molar-refractivity contribution >= 4 is 21.6 Å². The molecule has 1 N–H and O–H groups in total. The minimum absolute atomic E-state index is 0.242. The molecule has 0 unspecified atom stereocenters. The molecular formula is C20H24N2O3S. The van der Waals surface area contributed by atoms with Crippen molar-refractivity contribution in [3.05, 3.63) is 59.2 Å². The molecule has 138 valence electrons. The topological polar surface area (TPSA) is 66.5 Å². The molecule has 1 amide bonds. The first kappa shape index (κ1) is 18.6. The van der Waals surface area contributed by atoms with Crippen molar-refractivity contribution in [2.24, 2.45) is 0 Å². The molecule has 0 radical (unpaired) electrons. The molecule has 3 rings (SSSR count). The molecule has 1 fully saturated rings. The van der Waals surface area contributed by atoms with E-state index < -0.39 is 10.0 Å². The average molecular weight is 372 g/mol. The molecule has 0 aromatic heterocycles. The van der Waals surface area contributed by atoms with Crippen molar-refractivity contribution in [1.29, 1.82) is 0 Å². The number of hydrogen-bond acceptors (Lipinski definition) is 3. The molecule has 6 heteroatoms. The highest BCUT2D eigenvalue weighted by atomic mass is 32.2. The van der Waals surface area contributed by atoms with E-state index in [2.05, 4.69) is 5.32 Å². The second-order valence-electron chi connectivity index (χ2n) is 6.71. The highest BCUT2D eigenvalue weighted by Crippen LogP contribution is 2.26. The molecule has 0 spiro atoms. The minimum atomic E-state index is -3.54. The predicted octanol–water partition coefficient (Wildman–Crippen LogP) is 3.73. The lowest BCUT2D eigenvalue weighted by atomic mass is 10.1. The molecule has 1 aliphatic rings. The summed E-state index contributed by atoms with van der Waals surface area (Å²) in [6.45, 7) is 4.77. The van der Waals surface area contributed by atoms with E-state index in [1.807, 2.05) is 25.1 Å². The van der Waals surface area contributed by atoms with E-state index in [-0.39, 0.29) is 10.8 Å². The van der Waals surface area contributed by atoms with Crippen LogP contribution in [0.25, 0.3) is 0 Å². The van der Waals surface area contributed by atoms with Crippen molar-refractivity contribution in [1.82, 2.24) is 4.31 Å². The fraction of sp³-hybridized carbons (Fsp3) is 0.350. The van der Waals surface area contributed by atoms with Gasteiger partial charge in [-0.3, -0.25) is 4.79 Å². The van der Waals surface area contributed by atoms with Crippen LogP contribution in [-0.2, 0) is 10.0 Å². The number of hydrogen-bond donors (Lipinski definition) is 1. The van der Waals surface area contributed by atoms with Crippen LogP contribution in [0.2, 0.25) is 0 Å². The Morgan fingerprint density at radius 2 is 1.65 bits per heavy atom. The van der Waals surface area contributed by atoms with Crippen LogP contribution in [0.1, 0.15) is 40.7 Å². The quantitative estimate of drug-likeness (QED) is 0.889. The van der Waals surface area contributed by atoms with Gasteiger partial charge >= 0.3 is 0 Å². The third-order valence-electron chi connectivity index (χ3n) is 4.77. The van der Waals surface area contributed by atoms with Gasteiger partial charge in [0.05, 0.1) is 4.90 Å². The number of aryl methyl sites for hydroxylation is 2. The van der Waals surface area contributed by atoms with Crippen LogP contribution in [0.3, 0.4) is 0 Å². The summed E-state index contributed by atoms with van der Waals surface area (Å²) in [7, 11) is -3.54. The van der Waals surface area contributed by atoms with Crippen molar-refractivity contribution < 1.29 is 13.2 Å². The summed E-state index contributed by atoms with van der Waals surface area (Å²) in [5.41, 5.74) is 2.62. The summed E-state index contributed by atoms with van der Waals surface area (Å²) in [4.78, 5) is 12.8. The standard InChI is InChI=1S/C20H24N2O3S/c1-15-8-4-5-9-18(15)20(23)21-17-11-10-16(2)19(14-17)26(24,25)22-12-6-3-7-13-22/h4-5,8-11,14H,3,6-7,12-13H2,1-2H3,(H,21,23). The maximum Gasteiger partial charge on any atom is 0.255 e. The zero-order valence-corrected chi connectivity index (χ0v) is 16.0. The number of amides is 1. The Morgan fingerprint density at radius 3 is 2.35 bits per heavy atom. The van der Waals surface area contributed by atoms with Gasteiger partial charge in [-0.2, -0.15) is 4.31 Å². The second-order valence-corrected chi connectivity index (χ2v) is 8.62. The van der Waals surface area contributed by atoms with E-state index in [0.29, 0.717) is 29.9 Å². The molecule has 1 heterocycles. The van der Waals surface area contributed by atoms with E-state index in [1.54, 1.807) is 35.5 Å². The van der Waals surface area contributed by atoms with Crippen LogP contribution in [0.4, 0.5) is 5.69 Å². The Kier molecular flexibility index (Phi) is 5.44. The summed E-state index contributed by atoms with van der Waals surface area (Å²) in [6.07, 6.45) is 2.85. The number of carbonyl (C=O) groups is 1. The van der Waals surface area contributed by atoms with Crippen molar-refractivity contribution in [2.45, 2.75) is 38.0 Å². The Morgan fingerprint density at radius 1 is 0.962 bits per heavy atom. The van der Waals surface area contributed by atoms with Crippen LogP contribution < -0.4 is 5.32 Å². The second kappa shape index (κ2) is 7.60. The number of nitrogens with zero attached hydrogens (tertiary/aromatic N) is 1. The summed E-state index contributed by atoms with van der Waals surface area (Å²) in [5, 5.41) is 2.82. The third kappa shape index (κ3) is 3.81. The van der Waals surface area contributed by atoms with E-state index in [0.717, 1.165) is 24.8 Å². The molecule has 2 aromatic rings. The minimum Gasteiger partial charge on any atom is -0.322 e. The Balaban J connectivity index is 1.88. The fourth-order valence-corrected chi connectivity index (χ4v) is 4.99. The van der Waals surface area contributed by atoms with Crippen LogP contribution in [-0.4, -0.2) is 31.7 Å². The smallest absolute Gasteiger partial charge is 0.255 e. The van der Waals surface area contributed by atoms with Crippen LogP contribution in [0, 0.1) is 13.8 Å².